The quantitative estimate of drug-likeness (QED) is 0.701. The highest BCUT2D eigenvalue weighted by Gasteiger charge is 2.05. The van der Waals surface area contributed by atoms with Gasteiger partial charge in [0, 0.05) is 18.7 Å². The van der Waals surface area contributed by atoms with Crippen LogP contribution in [-0.2, 0) is 6.54 Å². The van der Waals surface area contributed by atoms with E-state index >= 15 is 0 Å². The zero-order valence-corrected chi connectivity index (χ0v) is 12.0. The Hall–Kier alpha value is -1.39. The Balaban J connectivity index is 2.30. The van der Waals surface area contributed by atoms with E-state index in [2.05, 4.69) is 24.1 Å². The molecule has 1 amide bonds. The van der Waals surface area contributed by atoms with Gasteiger partial charge in [-0.15, -0.1) is 0 Å². The first-order valence-corrected chi connectivity index (χ1v) is 7.00. The van der Waals surface area contributed by atoms with E-state index in [1.165, 1.54) is 0 Å². The van der Waals surface area contributed by atoms with Crippen LogP contribution in [0.5, 0.6) is 0 Å². The summed E-state index contributed by atoms with van der Waals surface area (Å²) < 4.78 is 0. The molecule has 3 N–H and O–H groups in total. The van der Waals surface area contributed by atoms with Gasteiger partial charge >= 0.3 is 0 Å². The summed E-state index contributed by atoms with van der Waals surface area (Å²) in [7, 11) is 0. The molecule has 4 nitrogen and oxygen atoms in total. The summed E-state index contributed by atoms with van der Waals surface area (Å²) in [5.41, 5.74) is 7.26. The van der Waals surface area contributed by atoms with Crippen molar-refractivity contribution < 1.29 is 4.79 Å². The van der Waals surface area contributed by atoms with E-state index in [0.717, 1.165) is 31.6 Å². The third-order valence-corrected chi connectivity index (χ3v) is 3.28. The van der Waals surface area contributed by atoms with Crippen molar-refractivity contribution >= 4 is 5.91 Å². The molecule has 0 radical (unpaired) electrons. The zero-order valence-electron chi connectivity index (χ0n) is 12.0. The number of benzene rings is 1. The highest BCUT2D eigenvalue weighted by molar-refractivity contribution is 5.94. The predicted octanol–water partition coefficient (Wildman–Crippen LogP) is 1.61. The van der Waals surface area contributed by atoms with Crippen molar-refractivity contribution in [3.8, 4) is 0 Å². The Kier molecular flexibility index (Phi) is 7.15. The second kappa shape index (κ2) is 8.67. The molecule has 0 atom stereocenters. The van der Waals surface area contributed by atoms with Crippen molar-refractivity contribution in [1.29, 1.82) is 0 Å². The summed E-state index contributed by atoms with van der Waals surface area (Å²) in [6, 6.07) is 7.43. The van der Waals surface area contributed by atoms with E-state index in [1.54, 1.807) is 0 Å². The summed E-state index contributed by atoms with van der Waals surface area (Å²) in [5, 5.41) is 2.94. The van der Waals surface area contributed by atoms with E-state index in [4.69, 9.17) is 5.73 Å². The summed E-state index contributed by atoms with van der Waals surface area (Å²) in [6.45, 7) is 8.68. The van der Waals surface area contributed by atoms with Gasteiger partial charge in [0.2, 0.25) is 0 Å². The fraction of sp³-hybridized carbons (Fsp3) is 0.533. The van der Waals surface area contributed by atoms with Gasteiger partial charge in [0.05, 0.1) is 0 Å². The van der Waals surface area contributed by atoms with Gasteiger partial charge in [-0.2, -0.15) is 0 Å². The molecule has 1 rings (SSSR count). The maximum Gasteiger partial charge on any atom is 0.251 e. The van der Waals surface area contributed by atoms with E-state index in [-0.39, 0.29) is 5.91 Å². The Bertz CT molecular complexity index is 371. The number of carbonyl (C=O) groups excluding carboxylic acids is 1. The Morgan fingerprint density at radius 2 is 1.84 bits per heavy atom. The first-order valence-electron chi connectivity index (χ1n) is 7.00. The monoisotopic (exact) mass is 263 g/mol. The average molecular weight is 263 g/mol. The third kappa shape index (κ3) is 5.41. The van der Waals surface area contributed by atoms with Crippen molar-refractivity contribution in [2.24, 2.45) is 5.73 Å². The minimum atomic E-state index is -0.0110. The van der Waals surface area contributed by atoms with E-state index < -0.39 is 0 Å². The zero-order chi connectivity index (χ0) is 14.1. The lowest BCUT2D eigenvalue weighted by Gasteiger charge is -2.17. The number of amides is 1. The second-order valence-electron chi connectivity index (χ2n) is 4.54. The van der Waals surface area contributed by atoms with Crippen LogP contribution in [-0.4, -0.2) is 37.0 Å². The summed E-state index contributed by atoms with van der Waals surface area (Å²) in [6.07, 6.45) is 0.980. The summed E-state index contributed by atoms with van der Waals surface area (Å²) >= 11 is 0. The molecule has 106 valence electrons. The lowest BCUT2D eigenvalue weighted by molar-refractivity contribution is 0.0952. The number of nitrogens with zero attached hydrogens (tertiary/aromatic N) is 1. The van der Waals surface area contributed by atoms with Crippen LogP contribution >= 0.6 is 0 Å². The molecule has 0 aliphatic rings. The van der Waals surface area contributed by atoms with Crippen LogP contribution in [0.25, 0.3) is 0 Å². The minimum absolute atomic E-state index is 0.0110. The normalized spacial score (nSPS) is 10.7. The van der Waals surface area contributed by atoms with Crippen LogP contribution in [0.4, 0.5) is 0 Å². The highest BCUT2D eigenvalue weighted by Crippen LogP contribution is 2.03. The maximum atomic E-state index is 11.9. The number of carbonyl (C=O) groups is 1. The number of nitrogens with two attached hydrogens (primary N) is 1. The topological polar surface area (TPSA) is 58.4 Å². The highest BCUT2D eigenvalue weighted by atomic mass is 16.1. The van der Waals surface area contributed by atoms with E-state index in [0.29, 0.717) is 18.7 Å². The molecule has 0 bridgehead atoms. The third-order valence-electron chi connectivity index (χ3n) is 3.28. The Labute approximate surface area is 116 Å². The fourth-order valence-corrected chi connectivity index (χ4v) is 1.94. The van der Waals surface area contributed by atoms with E-state index in [1.807, 2.05) is 24.3 Å². The number of nitrogens with one attached hydrogen (secondary N) is 1. The van der Waals surface area contributed by atoms with Crippen LogP contribution in [0, 0.1) is 0 Å². The molecule has 0 aliphatic heterocycles. The van der Waals surface area contributed by atoms with Crippen molar-refractivity contribution in [3.05, 3.63) is 35.4 Å². The summed E-state index contributed by atoms with van der Waals surface area (Å²) in [4.78, 5) is 14.2. The standard InChI is InChI=1S/C15H25N3O/c1-3-18(4-2)11-5-10-17-15(19)14-8-6-13(12-16)7-9-14/h6-9H,3-5,10-12,16H2,1-2H3,(H,17,19). The van der Waals surface area contributed by atoms with Gasteiger partial charge in [-0.3, -0.25) is 4.79 Å². The van der Waals surface area contributed by atoms with Crippen molar-refractivity contribution in [1.82, 2.24) is 10.2 Å². The van der Waals surface area contributed by atoms with Gasteiger partial charge in [-0.05, 0) is 43.8 Å². The molecule has 1 aromatic carbocycles. The molecule has 0 saturated heterocycles. The number of hydrogen-bond donors (Lipinski definition) is 2. The smallest absolute Gasteiger partial charge is 0.251 e. The van der Waals surface area contributed by atoms with Crippen LogP contribution in [0.2, 0.25) is 0 Å². The first kappa shape index (κ1) is 15.7. The van der Waals surface area contributed by atoms with Gasteiger partial charge < -0.3 is 16.0 Å². The molecule has 4 heteroatoms. The molecule has 1 aromatic rings. The lowest BCUT2D eigenvalue weighted by Crippen LogP contribution is -2.29. The minimum Gasteiger partial charge on any atom is -0.352 e. The largest absolute Gasteiger partial charge is 0.352 e. The predicted molar refractivity (Wildman–Crippen MR) is 79.1 cm³/mol. The average Bonchev–Trinajstić information content (AvgIpc) is 2.47. The van der Waals surface area contributed by atoms with Gasteiger partial charge in [0.25, 0.3) is 5.91 Å². The first-order chi connectivity index (χ1) is 9.21. The van der Waals surface area contributed by atoms with Gasteiger partial charge in [-0.25, -0.2) is 0 Å². The van der Waals surface area contributed by atoms with Gasteiger partial charge in [-0.1, -0.05) is 26.0 Å². The molecular formula is C15H25N3O. The summed E-state index contributed by atoms with van der Waals surface area (Å²) in [5.74, 6) is -0.0110. The Morgan fingerprint density at radius 3 is 2.37 bits per heavy atom. The lowest BCUT2D eigenvalue weighted by atomic mass is 10.1. The Morgan fingerprint density at radius 1 is 1.21 bits per heavy atom. The van der Waals surface area contributed by atoms with Crippen molar-refractivity contribution in [3.63, 3.8) is 0 Å². The molecule has 0 aromatic heterocycles. The van der Waals surface area contributed by atoms with Crippen LogP contribution in [0.1, 0.15) is 36.2 Å². The molecule has 0 spiro atoms. The SMILES string of the molecule is CCN(CC)CCCNC(=O)c1ccc(CN)cc1. The van der Waals surface area contributed by atoms with Gasteiger partial charge in [0.15, 0.2) is 0 Å². The van der Waals surface area contributed by atoms with Crippen molar-refractivity contribution in [2.75, 3.05) is 26.2 Å². The van der Waals surface area contributed by atoms with Crippen LogP contribution in [0.3, 0.4) is 0 Å². The second-order valence-corrected chi connectivity index (χ2v) is 4.54. The molecule has 19 heavy (non-hydrogen) atoms. The fourth-order valence-electron chi connectivity index (χ4n) is 1.94. The van der Waals surface area contributed by atoms with Crippen LogP contribution in [0.15, 0.2) is 24.3 Å². The molecule has 0 aliphatic carbocycles. The molecule has 0 unspecified atom stereocenters. The molecule has 0 fully saturated rings. The molecule has 0 heterocycles. The van der Waals surface area contributed by atoms with Crippen molar-refractivity contribution in [2.45, 2.75) is 26.8 Å². The molecular weight excluding hydrogens is 238 g/mol. The number of rotatable bonds is 8. The maximum absolute atomic E-state index is 11.9. The van der Waals surface area contributed by atoms with Gasteiger partial charge in [0.1, 0.15) is 0 Å². The van der Waals surface area contributed by atoms with E-state index in [9.17, 15) is 4.79 Å². The number of hydrogen-bond acceptors (Lipinski definition) is 3. The van der Waals surface area contributed by atoms with Crippen LogP contribution < -0.4 is 11.1 Å². The molecule has 0 saturated carbocycles.